The van der Waals surface area contributed by atoms with E-state index in [1.807, 2.05) is 74.2 Å². The first-order valence-electron chi connectivity index (χ1n) is 12.5. The number of ether oxygens (including phenoxy) is 1. The van der Waals surface area contributed by atoms with E-state index < -0.39 is 11.5 Å². The Morgan fingerprint density at radius 1 is 0.944 bits per heavy atom. The van der Waals surface area contributed by atoms with Crippen LogP contribution in [0.25, 0.3) is 12.2 Å². The predicted molar refractivity (Wildman–Crippen MR) is 144 cm³/mol. The third-order valence-corrected chi connectivity index (χ3v) is 5.98. The van der Waals surface area contributed by atoms with Crippen molar-refractivity contribution >= 4 is 35.6 Å². The summed E-state index contributed by atoms with van der Waals surface area (Å²) in [7, 11) is 0. The molecule has 36 heavy (non-hydrogen) atoms. The molecule has 1 saturated carbocycles. The zero-order chi connectivity index (χ0) is 26.1. The van der Waals surface area contributed by atoms with E-state index in [0.717, 1.165) is 48.1 Å². The first kappa shape index (κ1) is 26.9. The first-order chi connectivity index (χ1) is 17.1. The second-order valence-corrected chi connectivity index (χ2v) is 10.2. The molecule has 0 heterocycles. The molecule has 0 aliphatic heterocycles. The van der Waals surface area contributed by atoms with Crippen molar-refractivity contribution in [2.45, 2.75) is 65.0 Å². The Morgan fingerprint density at radius 3 is 2.25 bits per heavy atom. The van der Waals surface area contributed by atoms with Crippen LogP contribution in [-0.4, -0.2) is 23.4 Å². The number of primary amides is 1. The first-order valence-corrected chi connectivity index (χ1v) is 12.5. The zero-order valence-electron chi connectivity index (χ0n) is 21.4. The topological polar surface area (TPSA) is 89.7 Å². The second-order valence-electron chi connectivity index (χ2n) is 10.2. The Kier molecular flexibility index (Phi) is 9.23. The molecular formula is C30H36N2O4. The minimum absolute atomic E-state index is 0.0135. The minimum atomic E-state index is -0.535. The van der Waals surface area contributed by atoms with Crippen LogP contribution in [0.2, 0.25) is 0 Å². The van der Waals surface area contributed by atoms with Gasteiger partial charge in [-0.2, -0.15) is 0 Å². The Labute approximate surface area is 213 Å². The standard InChI is InChI=1S/C30H36N2O4/c1-30(2,3)36-28(34)19-17-22-12-14-24(15-13-22)21-32(29(35)25-9-5-4-6-10-25)26-11-7-8-23(20-26)16-18-27(31)33/h7-8,11-20,25H,4-6,9-10,21H2,1-3H3,(H2,31,33)/b18-16+,19-17+. The molecule has 6 heteroatoms. The Balaban J connectivity index is 1.80. The van der Waals surface area contributed by atoms with Gasteiger partial charge in [0.1, 0.15) is 5.60 Å². The molecule has 6 nitrogen and oxygen atoms in total. The highest BCUT2D eigenvalue weighted by molar-refractivity contribution is 5.96. The molecule has 0 radical (unpaired) electrons. The average molecular weight is 489 g/mol. The van der Waals surface area contributed by atoms with Gasteiger partial charge in [0.05, 0.1) is 6.54 Å². The van der Waals surface area contributed by atoms with E-state index in [1.165, 1.54) is 18.6 Å². The summed E-state index contributed by atoms with van der Waals surface area (Å²) in [6.45, 7) is 5.92. The highest BCUT2D eigenvalue weighted by atomic mass is 16.6. The van der Waals surface area contributed by atoms with Crippen molar-refractivity contribution < 1.29 is 19.1 Å². The van der Waals surface area contributed by atoms with Crippen LogP contribution in [0, 0.1) is 5.92 Å². The van der Waals surface area contributed by atoms with Gasteiger partial charge < -0.3 is 15.4 Å². The van der Waals surface area contributed by atoms with Crippen LogP contribution in [0.4, 0.5) is 5.69 Å². The van der Waals surface area contributed by atoms with Crippen LogP contribution < -0.4 is 10.6 Å². The number of carbonyl (C=O) groups excluding carboxylic acids is 3. The van der Waals surface area contributed by atoms with E-state index in [0.29, 0.717) is 6.54 Å². The molecule has 0 bridgehead atoms. The number of nitrogens with two attached hydrogens (primary N) is 1. The van der Waals surface area contributed by atoms with Gasteiger partial charge in [-0.25, -0.2) is 4.79 Å². The fourth-order valence-corrected chi connectivity index (χ4v) is 4.26. The summed E-state index contributed by atoms with van der Waals surface area (Å²) in [4.78, 5) is 38.6. The number of anilines is 1. The fourth-order valence-electron chi connectivity index (χ4n) is 4.26. The lowest BCUT2D eigenvalue weighted by Crippen LogP contribution is -2.36. The van der Waals surface area contributed by atoms with Crippen molar-refractivity contribution in [3.63, 3.8) is 0 Å². The molecule has 2 aromatic rings. The summed E-state index contributed by atoms with van der Waals surface area (Å²) in [6.07, 6.45) is 11.2. The van der Waals surface area contributed by atoms with E-state index in [1.54, 1.807) is 12.2 Å². The van der Waals surface area contributed by atoms with Gasteiger partial charge in [0.2, 0.25) is 11.8 Å². The van der Waals surface area contributed by atoms with Crippen LogP contribution in [0.15, 0.2) is 60.7 Å². The fraction of sp³-hybridized carbons (Fsp3) is 0.367. The quantitative estimate of drug-likeness (QED) is 0.384. The van der Waals surface area contributed by atoms with E-state index in [-0.39, 0.29) is 17.8 Å². The Bertz CT molecular complexity index is 1120. The highest BCUT2D eigenvalue weighted by Gasteiger charge is 2.27. The van der Waals surface area contributed by atoms with Crippen LogP contribution in [0.3, 0.4) is 0 Å². The summed E-state index contributed by atoms with van der Waals surface area (Å²) in [5.74, 6) is -0.767. The molecule has 3 rings (SSSR count). The molecule has 2 aromatic carbocycles. The summed E-state index contributed by atoms with van der Waals surface area (Å²) < 4.78 is 5.31. The van der Waals surface area contributed by atoms with Crippen molar-refractivity contribution in [1.82, 2.24) is 0 Å². The maximum atomic E-state index is 13.6. The Hall–Kier alpha value is -3.67. The van der Waals surface area contributed by atoms with Crippen LogP contribution in [0.1, 0.15) is 69.6 Å². The molecular weight excluding hydrogens is 452 g/mol. The summed E-state index contributed by atoms with van der Waals surface area (Å²) in [5.41, 5.74) is 8.14. The molecule has 1 aliphatic carbocycles. The summed E-state index contributed by atoms with van der Waals surface area (Å²) in [5, 5.41) is 0. The number of carbonyl (C=O) groups is 3. The van der Waals surface area contributed by atoms with Crippen molar-refractivity contribution in [3.8, 4) is 0 Å². The van der Waals surface area contributed by atoms with E-state index in [2.05, 4.69) is 0 Å². The maximum absolute atomic E-state index is 13.6. The SMILES string of the molecule is CC(C)(C)OC(=O)/C=C/c1ccc(CN(C(=O)C2CCCCC2)c2cccc(/C=C/C(N)=O)c2)cc1. The molecule has 0 atom stereocenters. The number of rotatable bonds is 8. The molecule has 0 spiro atoms. The molecule has 1 fully saturated rings. The van der Waals surface area contributed by atoms with Gasteiger partial charge in [0, 0.05) is 23.8 Å². The van der Waals surface area contributed by atoms with Gasteiger partial charge in [-0.3, -0.25) is 9.59 Å². The van der Waals surface area contributed by atoms with Crippen molar-refractivity contribution in [2.75, 3.05) is 4.90 Å². The van der Waals surface area contributed by atoms with Crippen molar-refractivity contribution in [1.29, 1.82) is 0 Å². The lowest BCUT2D eigenvalue weighted by molar-refractivity contribution is -0.148. The van der Waals surface area contributed by atoms with Gasteiger partial charge in [0.25, 0.3) is 0 Å². The predicted octanol–water partition coefficient (Wildman–Crippen LogP) is 5.65. The van der Waals surface area contributed by atoms with Crippen molar-refractivity contribution in [2.24, 2.45) is 11.7 Å². The zero-order valence-corrected chi connectivity index (χ0v) is 21.4. The summed E-state index contributed by atoms with van der Waals surface area (Å²) >= 11 is 0. The smallest absolute Gasteiger partial charge is 0.331 e. The van der Waals surface area contributed by atoms with Gasteiger partial charge >= 0.3 is 5.97 Å². The van der Waals surface area contributed by atoms with E-state index in [9.17, 15) is 14.4 Å². The number of esters is 1. The number of benzene rings is 2. The lowest BCUT2D eigenvalue weighted by Gasteiger charge is -2.30. The van der Waals surface area contributed by atoms with Gasteiger partial charge in [-0.1, -0.05) is 55.7 Å². The number of hydrogen-bond acceptors (Lipinski definition) is 4. The third-order valence-electron chi connectivity index (χ3n) is 5.98. The normalized spacial score (nSPS) is 14.8. The van der Waals surface area contributed by atoms with Crippen LogP contribution in [0.5, 0.6) is 0 Å². The minimum Gasteiger partial charge on any atom is -0.457 e. The molecule has 1 aliphatic rings. The number of nitrogens with zero attached hydrogens (tertiary/aromatic N) is 1. The third kappa shape index (κ3) is 8.52. The van der Waals surface area contributed by atoms with Gasteiger partial charge in [-0.05, 0) is 74.6 Å². The molecule has 0 aromatic heterocycles. The van der Waals surface area contributed by atoms with E-state index in [4.69, 9.17) is 10.5 Å². The van der Waals surface area contributed by atoms with E-state index >= 15 is 0 Å². The summed E-state index contributed by atoms with van der Waals surface area (Å²) in [6, 6.07) is 15.3. The molecule has 2 amide bonds. The number of amides is 2. The van der Waals surface area contributed by atoms with Gasteiger partial charge in [-0.15, -0.1) is 0 Å². The highest BCUT2D eigenvalue weighted by Crippen LogP contribution is 2.29. The largest absolute Gasteiger partial charge is 0.457 e. The monoisotopic (exact) mass is 488 g/mol. The average Bonchev–Trinajstić information content (AvgIpc) is 2.85. The van der Waals surface area contributed by atoms with Crippen LogP contribution >= 0.6 is 0 Å². The second kappa shape index (κ2) is 12.3. The molecule has 2 N–H and O–H groups in total. The number of hydrogen-bond donors (Lipinski definition) is 1. The Morgan fingerprint density at radius 2 is 1.61 bits per heavy atom. The molecule has 0 unspecified atom stereocenters. The van der Waals surface area contributed by atoms with Gasteiger partial charge in [0.15, 0.2) is 0 Å². The molecule has 190 valence electrons. The van der Waals surface area contributed by atoms with Crippen LogP contribution in [-0.2, 0) is 25.7 Å². The molecule has 0 saturated heterocycles. The maximum Gasteiger partial charge on any atom is 0.331 e. The lowest BCUT2D eigenvalue weighted by atomic mass is 9.88. The van der Waals surface area contributed by atoms with Crippen molar-refractivity contribution in [3.05, 3.63) is 77.4 Å².